The maximum atomic E-state index is 13.7. The molecule has 37 heavy (non-hydrogen) atoms. The molecule has 0 bridgehead atoms. The molecule has 3 heterocycles. The summed E-state index contributed by atoms with van der Waals surface area (Å²) in [6.45, 7) is 2.81. The van der Waals surface area contributed by atoms with E-state index in [1.807, 2.05) is 29.3 Å². The molecule has 2 saturated heterocycles. The Kier molecular flexibility index (Phi) is 8.03. The SMILES string of the molecule is O=C(NN1CCCCC1)c1nc(-c2ccc(Cl)cc2)c(-c2ccc(Cl)cc2)nc1C(=O)N1CCCCC1. The van der Waals surface area contributed by atoms with Crippen LogP contribution in [-0.4, -0.2) is 57.9 Å². The van der Waals surface area contributed by atoms with Crippen molar-refractivity contribution in [1.82, 2.24) is 25.3 Å². The number of rotatable bonds is 5. The van der Waals surface area contributed by atoms with Gasteiger partial charge in [0.25, 0.3) is 11.8 Å². The molecule has 0 radical (unpaired) electrons. The third kappa shape index (κ3) is 5.95. The Labute approximate surface area is 226 Å². The van der Waals surface area contributed by atoms with E-state index in [2.05, 4.69) is 5.43 Å². The molecule has 2 aromatic carbocycles. The Morgan fingerprint density at radius 3 is 1.62 bits per heavy atom. The number of hydrogen-bond acceptors (Lipinski definition) is 5. The number of aromatic nitrogens is 2. The van der Waals surface area contributed by atoms with E-state index in [0.29, 0.717) is 34.5 Å². The molecular formula is C28H29Cl2N5O2. The molecule has 1 N–H and O–H groups in total. The summed E-state index contributed by atoms with van der Waals surface area (Å²) in [5, 5.41) is 3.08. The Balaban J connectivity index is 1.65. The number of nitrogens with zero attached hydrogens (tertiary/aromatic N) is 4. The molecule has 3 aromatic rings. The van der Waals surface area contributed by atoms with Gasteiger partial charge in [0.1, 0.15) is 0 Å². The van der Waals surface area contributed by atoms with Crippen LogP contribution in [0.1, 0.15) is 59.5 Å². The number of piperidine rings is 2. The summed E-state index contributed by atoms with van der Waals surface area (Å²) in [6, 6.07) is 14.4. The normalized spacial score (nSPS) is 16.4. The van der Waals surface area contributed by atoms with Crippen LogP contribution in [0.15, 0.2) is 48.5 Å². The highest BCUT2D eigenvalue weighted by atomic mass is 35.5. The van der Waals surface area contributed by atoms with E-state index in [-0.39, 0.29) is 17.3 Å². The lowest BCUT2D eigenvalue weighted by atomic mass is 10.0. The zero-order valence-corrected chi connectivity index (χ0v) is 22.1. The topological polar surface area (TPSA) is 78.4 Å². The predicted octanol–water partition coefficient (Wildman–Crippen LogP) is 5.87. The van der Waals surface area contributed by atoms with Crippen LogP contribution in [-0.2, 0) is 0 Å². The summed E-state index contributed by atoms with van der Waals surface area (Å²) in [5.41, 5.74) is 5.57. The van der Waals surface area contributed by atoms with Gasteiger partial charge in [-0.05, 0) is 56.4 Å². The van der Waals surface area contributed by atoms with Gasteiger partial charge in [-0.1, -0.05) is 53.9 Å². The standard InChI is InChI=1S/C28H29Cl2N5O2/c29-21-11-7-19(8-12-21)23-24(20-9-13-22(30)14-10-20)32-26(28(37)34-15-3-1-4-16-34)25(31-23)27(36)33-35-17-5-2-6-18-35/h7-14H,1-6,15-18H2,(H,33,36). The van der Waals surface area contributed by atoms with Gasteiger partial charge in [-0.15, -0.1) is 0 Å². The summed E-state index contributed by atoms with van der Waals surface area (Å²) < 4.78 is 0. The third-order valence-corrected chi connectivity index (χ3v) is 7.31. The third-order valence-electron chi connectivity index (χ3n) is 6.81. The Hall–Kier alpha value is -3.00. The second-order valence-electron chi connectivity index (χ2n) is 9.47. The van der Waals surface area contributed by atoms with Crippen LogP contribution in [0.25, 0.3) is 22.5 Å². The van der Waals surface area contributed by atoms with Gasteiger partial charge in [-0.3, -0.25) is 15.0 Å². The molecule has 192 valence electrons. The van der Waals surface area contributed by atoms with Crippen LogP contribution < -0.4 is 5.43 Å². The molecule has 2 amide bonds. The number of benzene rings is 2. The Morgan fingerprint density at radius 2 is 1.11 bits per heavy atom. The highest BCUT2D eigenvalue weighted by Gasteiger charge is 2.30. The van der Waals surface area contributed by atoms with Crippen molar-refractivity contribution in [3.63, 3.8) is 0 Å². The van der Waals surface area contributed by atoms with Gasteiger partial charge in [0.05, 0.1) is 11.4 Å². The fourth-order valence-corrected chi connectivity index (χ4v) is 5.06. The first kappa shape index (κ1) is 25.6. The van der Waals surface area contributed by atoms with Crippen LogP contribution in [0, 0.1) is 0 Å². The number of carbonyl (C=O) groups is 2. The highest BCUT2D eigenvalue weighted by Crippen LogP contribution is 2.32. The van der Waals surface area contributed by atoms with E-state index in [4.69, 9.17) is 33.2 Å². The molecule has 1 aromatic heterocycles. The summed E-state index contributed by atoms with van der Waals surface area (Å²) in [7, 11) is 0. The van der Waals surface area contributed by atoms with E-state index in [0.717, 1.165) is 62.7 Å². The van der Waals surface area contributed by atoms with Gasteiger partial charge in [0, 0.05) is 47.4 Å². The molecule has 7 nitrogen and oxygen atoms in total. The van der Waals surface area contributed by atoms with Crippen LogP contribution in [0.2, 0.25) is 10.0 Å². The maximum Gasteiger partial charge on any atom is 0.286 e. The fraction of sp³-hybridized carbons (Fsp3) is 0.357. The number of hydrogen-bond donors (Lipinski definition) is 1. The number of hydrazine groups is 1. The Bertz CT molecular complexity index is 1270. The fourth-order valence-electron chi connectivity index (χ4n) is 4.81. The second-order valence-corrected chi connectivity index (χ2v) is 10.3. The van der Waals surface area contributed by atoms with E-state index in [9.17, 15) is 9.59 Å². The molecule has 0 aliphatic carbocycles. The molecular weight excluding hydrogens is 509 g/mol. The number of carbonyl (C=O) groups excluding carboxylic acids is 2. The number of halogens is 2. The van der Waals surface area contributed by atoms with Crippen molar-refractivity contribution in [2.75, 3.05) is 26.2 Å². The van der Waals surface area contributed by atoms with Crippen molar-refractivity contribution < 1.29 is 9.59 Å². The maximum absolute atomic E-state index is 13.7. The average Bonchev–Trinajstić information content (AvgIpc) is 2.94. The van der Waals surface area contributed by atoms with E-state index >= 15 is 0 Å². The van der Waals surface area contributed by atoms with Gasteiger partial charge in [-0.25, -0.2) is 15.0 Å². The molecule has 5 rings (SSSR count). The first-order chi connectivity index (χ1) is 18.0. The molecule has 9 heteroatoms. The van der Waals surface area contributed by atoms with Crippen molar-refractivity contribution in [1.29, 1.82) is 0 Å². The lowest BCUT2D eigenvalue weighted by Crippen LogP contribution is -2.46. The van der Waals surface area contributed by atoms with Gasteiger partial charge < -0.3 is 4.90 Å². The van der Waals surface area contributed by atoms with Crippen LogP contribution in [0.3, 0.4) is 0 Å². The highest BCUT2D eigenvalue weighted by molar-refractivity contribution is 6.31. The number of nitrogens with one attached hydrogen (secondary N) is 1. The van der Waals surface area contributed by atoms with Crippen molar-refractivity contribution in [2.24, 2.45) is 0 Å². The summed E-state index contributed by atoms with van der Waals surface area (Å²) >= 11 is 12.3. The molecule has 2 aliphatic rings. The minimum absolute atomic E-state index is 0.0313. The zero-order valence-electron chi connectivity index (χ0n) is 20.6. The molecule has 0 unspecified atom stereocenters. The summed E-state index contributed by atoms with van der Waals surface area (Å²) in [4.78, 5) is 38.8. The van der Waals surface area contributed by atoms with Crippen molar-refractivity contribution in [3.05, 3.63) is 70.0 Å². The molecule has 0 spiro atoms. The lowest BCUT2D eigenvalue weighted by molar-refractivity contribution is 0.0688. The first-order valence-electron chi connectivity index (χ1n) is 12.8. The van der Waals surface area contributed by atoms with Gasteiger partial charge in [-0.2, -0.15) is 0 Å². The van der Waals surface area contributed by atoms with Crippen molar-refractivity contribution in [3.8, 4) is 22.5 Å². The number of amides is 2. The van der Waals surface area contributed by atoms with Gasteiger partial charge >= 0.3 is 0 Å². The minimum atomic E-state index is -0.423. The van der Waals surface area contributed by atoms with Gasteiger partial charge in [0.15, 0.2) is 11.4 Å². The zero-order chi connectivity index (χ0) is 25.8. The Morgan fingerprint density at radius 1 is 0.649 bits per heavy atom. The second kappa shape index (κ2) is 11.6. The van der Waals surface area contributed by atoms with Crippen molar-refractivity contribution >= 4 is 35.0 Å². The molecule has 0 atom stereocenters. The summed E-state index contributed by atoms with van der Waals surface area (Å²) in [5.74, 6) is -0.693. The average molecular weight is 538 g/mol. The first-order valence-corrected chi connectivity index (χ1v) is 13.5. The minimum Gasteiger partial charge on any atom is -0.337 e. The lowest BCUT2D eigenvalue weighted by Gasteiger charge is -2.28. The smallest absolute Gasteiger partial charge is 0.286 e. The largest absolute Gasteiger partial charge is 0.337 e. The summed E-state index contributed by atoms with van der Waals surface area (Å²) in [6.07, 6.45) is 6.11. The van der Waals surface area contributed by atoms with Gasteiger partial charge in [0.2, 0.25) is 0 Å². The van der Waals surface area contributed by atoms with Crippen LogP contribution in [0.4, 0.5) is 0 Å². The predicted molar refractivity (Wildman–Crippen MR) is 146 cm³/mol. The van der Waals surface area contributed by atoms with E-state index in [1.165, 1.54) is 0 Å². The molecule has 2 fully saturated rings. The molecule has 2 aliphatic heterocycles. The van der Waals surface area contributed by atoms with E-state index < -0.39 is 5.91 Å². The van der Waals surface area contributed by atoms with E-state index in [1.54, 1.807) is 29.2 Å². The quantitative estimate of drug-likeness (QED) is 0.440. The number of likely N-dealkylation sites (tertiary alicyclic amines) is 1. The van der Waals surface area contributed by atoms with Crippen LogP contribution in [0.5, 0.6) is 0 Å². The van der Waals surface area contributed by atoms with Crippen LogP contribution >= 0.6 is 23.2 Å². The van der Waals surface area contributed by atoms with Crippen molar-refractivity contribution in [2.45, 2.75) is 38.5 Å². The molecule has 0 saturated carbocycles. The monoisotopic (exact) mass is 537 g/mol.